The summed E-state index contributed by atoms with van der Waals surface area (Å²) in [4.78, 5) is 26.2. The Bertz CT molecular complexity index is 1410. The number of aromatic amines is 1. The monoisotopic (exact) mass is 496 g/mol. The van der Waals surface area contributed by atoms with Gasteiger partial charge in [0.05, 0.1) is 5.69 Å². The molecule has 37 heavy (non-hydrogen) atoms. The van der Waals surface area contributed by atoms with Crippen molar-refractivity contribution in [3.63, 3.8) is 0 Å². The van der Waals surface area contributed by atoms with E-state index in [0.717, 1.165) is 72.7 Å². The molecule has 0 radical (unpaired) electrons. The van der Waals surface area contributed by atoms with Crippen LogP contribution in [0.5, 0.6) is 0 Å². The van der Waals surface area contributed by atoms with Gasteiger partial charge in [-0.25, -0.2) is 9.97 Å². The second-order valence-corrected chi connectivity index (χ2v) is 10.5. The number of carbonyl (C=O) groups excluding carboxylic acids is 1. The van der Waals surface area contributed by atoms with E-state index < -0.39 is 0 Å². The molecule has 0 unspecified atom stereocenters. The van der Waals surface area contributed by atoms with Gasteiger partial charge >= 0.3 is 0 Å². The van der Waals surface area contributed by atoms with Gasteiger partial charge in [-0.2, -0.15) is 0 Å². The number of fused-ring (bicyclic) bond motifs is 2. The molecule has 0 saturated heterocycles. The van der Waals surface area contributed by atoms with Gasteiger partial charge in [-0.15, -0.1) is 0 Å². The summed E-state index contributed by atoms with van der Waals surface area (Å²) in [6.45, 7) is 0.767. The molecule has 0 aliphatic heterocycles. The number of amides is 1. The van der Waals surface area contributed by atoms with E-state index in [1.165, 1.54) is 36.6 Å². The predicted molar refractivity (Wildman–Crippen MR) is 149 cm³/mol. The lowest BCUT2D eigenvalue weighted by molar-refractivity contribution is -0.126. The van der Waals surface area contributed by atoms with Gasteiger partial charge in [0.2, 0.25) is 5.91 Å². The zero-order valence-electron chi connectivity index (χ0n) is 21.6. The highest BCUT2D eigenvalue weighted by Gasteiger charge is 2.30. The average molecular weight is 497 g/mol. The lowest BCUT2D eigenvalue weighted by atomic mass is 9.81. The number of hydrogen-bond donors (Lipinski definition) is 3. The number of nitrogens with one attached hydrogen (secondary N) is 3. The van der Waals surface area contributed by atoms with Gasteiger partial charge in [0, 0.05) is 48.7 Å². The third-order valence-corrected chi connectivity index (χ3v) is 8.20. The molecule has 0 atom stereocenters. The molecule has 3 heterocycles. The maximum Gasteiger partial charge on any atom is 0.223 e. The summed E-state index contributed by atoms with van der Waals surface area (Å²) >= 11 is 0. The first-order valence-electron chi connectivity index (χ1n) is 13.8. The minimum atomic E-state index is 0.102. The fraction of sp³-hybridized carbons (Fsp3) is 0.433. The lowest BCUT2D eigenvalue weighted by Crippen LogP contribution is -2.33. The topological polar surface area (TPSA) is 87.1 Å². The van der Waals surface area contributed by atoms with Crippen LogP contribution in [0.25, 0.3) is 27.8 Å². The highest BCUT2D eigenvalue weighted by molar-refractivity contribution is 5.91. The minimum Gasteiger partial charge on any atom is -0.371 e. The molecular formula is C30H36N6O. The highest BCUT2D eigenvalue weighted by atomic mass is 16.1. The molecule has 0 bridgehead atoms. The molecule has 1 saturated carbocycles. The van der Waals surface area contributed by atoms with E-state index in [1.54, 1.807) is 0 Å². The first-order valence-corrected chi connectivity index (χ1v) is 13.8. The van der Waals surface area contributed by atoms with Crippen LogP contribution in [0.1, 0.15) is 69.5 Å². The predicted octanol–water partition coefficient (Wildman–Crippen LogP) is 6.20. The molecule has 1 fully saturated rings. The van der Waals surface area contributed by atoms with Crippen molar-refractivity contribution in [2.24, 2.45) is 5.92 Å². The molecule has 3 aromatic heterocycles. The normalized spacial score (nSPS) is 20.2. The summed E-state index contributed by atoms with van der Waals surface area (Å²) < 4.78 is 2.20. The Balaban J connectivity index is 1.19. The van der Waals surface area contributed by atoms with E-state index >= 15 is 0 Å². The summed E-state index contributed by atoms with van der Waals surface area (Å²) in [6.07, 6.45) is 15.9. The van der Waals surface area contributed by atoms with Crippen LogP contribution in [0.3, 0.4) is 0 Å². The molecule has 3 N–H and O–H groups in total. The van der Waals surface area contributed by atoms with Crippen molar-refractivity contribution < 1.29 is 4.79 Å². The third-order valence-electron chi connectivity index (χ3n) is 8.20. The van der Waals surface area contributed by atoms with Crippen molar-refractivity contribution >= 4 is 28.1 Å². The number of aromatic nitrogens is 4. The Morgan fingerprint density at radius 3 is 2.81 bits per heavy atom. The van der Waals surface area contributed by atoms with E-state index in [2.05, 4.69) is 55.3 Å². The van der Waals surface area contributed by atoms with Gasteiger partial charge in [0.1, 0.15) is 17.0 Å². The van der Waals surface area contributed by atoms with Crippen LogP contribution in [0.2, 0.25) is 0 Å². The van der Waals surface area contributed by atoms with E-state index in [1.807, 2.05) is 25.5 Å². The maximum atomic E-state index is 12.9. The molecule has 1 amide bonds. The Hall–Kier alpha value is -3.61. The smallest absolute Gasteiger partial charge is 0.223 e. The lowest BCUT2D eigenvalue weighted by Gasteiger charge is -2.27. The van der Waals surface area contributed by atoms with Crippen molar-refractivity contribution in [1.82, 2.24) is 24.7 Å². The first-order chi connectivity index (χ1) is 18.2. The number of rotatable bonds is 7. The molecule has 2 aliphatic carbocycles. The van der Waals surface area contributed by atoms with E-state index in [-0.39, 0.29) is 11.8 Å². The number of hydrogen-bond acceptors (Lipinski definition) is 4. The molecule has 7 heteroatoms. The number of nitrogens with zero attached hydrogens (tertiary/aromatic N) is 3. The van der Waals surface area contributed by atoms with Crippen molar-refractivity contribution in [2.45, 2.75) is 63.7 Å². The fourth-order valence-corrected chi connectivity index (χ4v) is 6.16. The summed E-state index contributed by atoms with van der Waals surface area (Å²) in [5.74, 6) is 2.52. The molecule has 4 aromatic rings. The van der Waals surface area contributed by atoms with Crippen LogP contribution in [0, 0.1) is 5.92 Å². The van der Waals surface area contributed by atoms with Crippen LogP contribution < -0.4 is 10.6 Å². The van der Waals surface area contributed by atoms with Crippen molar-refractivity contribution in [3.05, 3.63) is 60.2 Å². The zero-order chi connectivity index (χ0) is 25.2. The number of anilines is 1. The van der Waals surface area contributed by atoms with Gasteiger partial charge in [0.25, 0.3) is 0 Å². The highest BCUT2D eigenvalue weighted by Crippen LogP contribution is 2.39. The minimum absolute atomic E-state index is 0.102. The molecule has 2 aliphatic rings. The largest absolute Gasteiger partial charge is 0.371 e. The van der Waals surface area contributed by atoms with E-state index in [0.29, 0.717) is 5.92 Å². The second-order valence-electron chi connectivity index (χ2n) is 10.5. The van der Waals surface area contributed by atoms with Crippen molar-refractivity contribution in [2.75, 3.05) is 18.9 Å². The maximum absolute atomic E-state index is 12.9. The summed E-state index contributed by atoms with van der Waals surface area (Å²) in [6, 6.07) is 10.5. The molecule has 192 valence electrons. The Kier molecular flexibility index (Phi) is 6.68. The quantitative estimate of drug-likeness (QED) is 0.266. The van der Waals surface area contributed by atoms with Crippen LogP contribution in [-0.4, -0.2) is 38.9 Å². The summed E-state index contributed by atoms with van der Waals surface area (Å²) in [7, 11) is 1.90. The van der Waals surface area contributed by atoms with Crippen molar-refractivity contribution in [3.8, 4) is 11.4 Å². The number of benzene rings is 1. The molecule has 1 aromatic carbocycles. The number of carbonyl (C=O) groups is 1. The standard InChI is InChI=1S/C30H36N6O/c1-31-28-27-26(25-19-23-9-5-6-10-24(23)34-25)35-29(36(27)18-17-32-28)21-11-13-22(14-12-21)30(37)33-16-15-20-7-3-2-4-8-20/h5-7,9-10,17-19,21-22,34H,2-4,8,11-16H2,1H3,(H,31,32)(H,33,37). The number of para-hydroxylation sites is 1. The van der Waals surface area contributed by atoms with Crippen LogP contribution in [0.4, 0.5) is 5.82 Å². The SMILES string of the molecule is CNc1nccn2c(C3CCC(C(=O)NCCC4=CCCCC4)CC3)nc(-c3cc4ccccc4[nH]3)c12. The zero-order valence-corrected chi connectivity index (χ0v) is 21.6. The van der Waals surface area contributed by atoms with Crippen LogP contribution in [0.15, 0.2) is 54.4 Å². The fourth-order valence-electron chi connectivity index (χ4n) is 6.16. The van der Waals surface area contributed by atoms with Crippen molar-refractivity contribution in [1.29, 1.82) is 0 Å². The second kappa shape index (κ2) is 10.4. The van der Waals surface area contributed by atoms with Crippen LogP contribution in [-0.2, 0) is 4.79 Å². The van der Waals surface area contributed by atoms with E-state index in [9.17, 15) is 4.79 Å². The molecule has 6 rings (SSSR count). The van der Waals surface area contributed by atoms with Gasteiger partial charge < -0.3 is 15.6 Å². The van der Waals surface area contributed by atoms with Gasteiger partial charge in [-0.1, -0.05) is 29.8 Å². The molecular weight excluding hydrogens is 460 g/mol. The first kappa shape index (κ1) is 23.8. The third kappa shape index (κ3) is 4.75. The molecule has 0 spiro atoms. The average Bonchev–Trinajstić information content (AvgIpc) is 3.55. The Morgan fingerprint density at radius 2 is 2.03 bits per heavy atom. The van der Waals surface area contributed by atoms with E-state index in [4.69, 9.17) is 4.98 Å². The summed E-state index contributed by atoms with van der Waals surface area (Å²) in [5, 5.41) is 7.64. The van der Waals surface area contributed by atoms with Gasteiger partial charge in [0.15, 0.2) is 5.82 Å². The van der Waals surface area contributed by atoms with Gasteiger partial charge in [-0.3, -0.25) is 9.20 Å². The number of allylic oxidation sites excluding steroid dienone is 1. The van der Waals surface area contributed by atoms with Crippen LogP contribution >= 0.6 is 0 Å². The van der Waals surface area contributed by atoms with Gasteiger partial charge in [-0.05, 0) is 69.9 Å². The Labute approximate surface area is 217 Å². The number of H-pyrrole nitrogens is 1. The number of imidazole rings is 1. The summed E-state index contributed by atoms with van der Waals surface area (Å²) in [5.41, 5.74) is 5.52. The Morgan fingerprint density at radius 1 is 1.16 bits per heavy atom. The molecule has 7 nitrogen and oxygen atoms in total.